The molecule has 38 heavy (non-hydrogen) atoms. The van der Waals surface area contributed by atoms with Crippen molar-refractivity contribution >= 4 is 35.3 Å². The molecular formula is C29H27ClFN3O4. The van der Waals surface area contributed by atoms with Crippen molar-refractivity contribution in [3.63, 3.8) is 0 Å². The monoisotopic (exact) mass is 535 g/mol. The Morgan fingerprint density at radius 1 is 1.16 bits per heavy atom. The first-order valence-electron chi connectivity index (χ1n) is 12.0. The Labute approximate surface area is 225 Å². The SMILES string of the molecule is COC(=O)C1C(C)=NC(C)=C(C(=O)OCC=Cc2ccc(Cn3ccnc3)cc2)C1c1cccc(Cl)c1F. The molecule has 0 bridgehead atoms. The molecule has 0 radical (unpaired) electrons. The molecule has 9 heteroatoms. The molecular weight excluding hydrogens is 509 g/mol. The fourth-order valence-corrected chi connectivity index (χ4v) is 4.72. The minimum atomic E-state index is -1.00. The van der Waals surface area contributed by atoms with Crippen LogP contribution in [0.3, 0.4) is 0 Å². The number of methoxy groups -OCH3 is 1. The molecule has 0 spiro atoms. The van der Waals surface area contributed by atoms with E-state index in [-0.39, 0.29) is 22.8 Å². The number of nitrogens with zero attached hydrogens (tertiary/aromatic N) is 3. The van der Waals surface area contributed by atoms with E-state index in [4.69, 9.17) is 21.1 Å². The number of carbonyl (C=O) groups excluding carboxylic acids is 2. The van der Waals surface area contributed by atoms with E-state index in [1.165, 1.54) is 19.2 Å². The van der Waals surface area contributed by atoms with E-state index in [1.807, 2.05) is 41.1 Å². The summed E-state index contributed by atoms with van der Waals surface area (Å²) in [6.07, 6.45) is 8.95. The highest BCUT2D eigenvalue weighted by Gasteiger charge is 2.43. The second-order valence-electron chi connectivity index (χ2n) is 8.85. The molecule has 2 heterocycles. The van der Waals surface area contributed by atoms with Gasteiger partial charge in [-0.3, -0.25) is 9.79 Å². The van der Waals surface area contributed by atoms with Gasteiger partial charge in [-0.1, -0.05) is 54.1 Å². The summed E-state index contributed by atoms with van der Waals surface area (Å²) >= 11 is 6.03. The Morgan fingerprint density at radius 3 is 2.61 bits per heavy atom. The van der Waals surface area contributed by atoms with Crippen molar-refractivity contribution in [1.29, 1.82) is 0 Å². The number of aliphatic imine (C=N–C) groups is 1. The summed E-state index contributed by atoms with van der Waals surface area (Å²) in [5.74, 6) is -4.05. The number of hydrogen-bond acceptors (Lipinski definition) is 6. The number of hydrogen-bond donors (Lipinski definition) is 0. The molecule has 2 aromatic carbocycles. The van der Waals surface area contributed by atoms with Gasteiger partial charge in [0.05, 0.1) is 24.0 Å². The molecule has 0 N–H and O–H groups in total. The van der Waals surface area contributed by atoms with Crippen LogP contribution < -0.4 is 0 Å². The van der Waals surface area contributed by atoms with E-state index in [0.717, 1.165) is 17.7 Å². The van der Waals surface area contributed by atoms with Crippen molar-refractivity contribution < 1.29 is 23.5 Å². The number of benzene rings is 2. The van der Waals surface area contributed by atoms with Gasteiger partial charge in [-0.15, -0.1) is 0 Å². The molecule has 2 unspecified atom stereocenters. The molecule has 0 saturated heterocycles. The second kappa shape index (κ2) is 12.0. The summed E-state index contributed by atoms with van der Waals surface area (Å²) < 4.78 is 27.6. The number of ether oxygens (including phenoxy) is 2. The third-order valence-electron chi connectivity index (χ3n) is 6.34. The first-order valence-corrected chi connectivity index (χ1v) is 12.3. The van der Waals surface area contributed by atoms with E-state index >= 15 is 4.39 Å². The van der Waals surface area contributed by atoms with Crippen LogP contribution >= 0.6 is 11.6 Å². The van der Waals surface area contributed by atoms with Gasteiger partial charge in [0.1, 0.15) is 18.3 Å². The molecule has 4 rings (SSSR count). The van der Waals surface area contributed by atoms with Gasteiger partial charge in [0.25, 0.3) is 0 Å². The van der Waals surface area contributed by atoms with Gasteiger partial charge in [-0.05, 0) is 42.7 Å². The lowest BCUT2D eigenvalue weighted by atomic mass is 9.75. The van der Waals surface area contributed by atoms with Crippen LogP contribution in [0.2, 0.25) is 5.02 Å². The maximum absolute atomic E-state index is 15.1. The molecule has 1 aliphatic rings. The average Bonchev–Trinajstić information content (AvgIpc) is 3.41. The molecule has 2 atom stereocenters. The Hall–Kier alpha value is -4.04. The van der Waals surface area contributed by atoms with Gasteiger partial charge in [-0.25, -0.2) is 14.2 Å². The van der Waals surface area contributed by atoms with Crippen molar-refractivity contribution in [3.05, 3.63) is 106 Å². The molecule has 1 aliphatic heterocycles. The molecule has 0 amide bonds. The van der Waals surface area contributed by atoms with Gasteiger partial charge < -0.3 is 14.0 Å². The molecule has 0 fully saturated rings. The summed E-state index contributed by atoms with van der Waals surface area (Å²) in [4.78, 5) is 34.4. The van der Waals surface area contributed by atoms with Crippen molar-refractivity contribution in [2.24, 2.45) is 10.9 Å². The fourth-order valence-electron chi connectivity index (χ4n) is 4.54. The zero-order valence-corrected chi connectivity index (χ0v) is 22.0. The highest BCUT2D eigenvalue weighted by atomic mass is 35.5. The predicted molar refractivity (Wildman–Crippen MR) is 143 cm³/mol. The third kappa shape index (κ3) is 5.92. The summed E-state index contributed by atoms with van der Waals surface area (Å²) in [6, 6.07) is 12.4. The van der Waals surface area contributed by atoms with Crippen LogP contribution in [0.1, 0.15) is 36.5 Å². The number of esters is 2. The van der Waals surface area contributed by atoms with Crippen molar-refractivity contribution in [2.75, 3.05) is 13.7 Å². The Bertz CT molecular complexity index is 1410. The minimum absolute atomic E-state index is 0.0251. The normalized spacial score (nSPS) is 17.4. The van der Waals surface area contributed by atoms with Crippen LogP contribution in [-0.2, 0) is 25.6 Å². The summed E-state index contributed by atoms with van der Waals surface area (Å²) in [6.45, 7) is 3.97. The van der Waals surface area contributed by atoms with Crippen molar-refractivity contribution in [2.45, 2.75) is 26.3 Å². The number of carbonyl (C=O) groups is 2. The van der Waals surface area contributed by atoms with Gasteiger partial charge in [0.15, 0.2) is 0 Å². The summed E-state index contributed by atoms with van der Waals surface area (Å²) in [5.41, 5.74) is 3.00. The first kappa shape index (κ1) is 27.0. The quantitative estimate of drug-likeness (QED) is 0.351. The lowest BCUT2D eigenvalue weighted by molar-refractivity contribution is -0.144. The standard InChI is InChI=1S/C29H27ClFN3O4/c1-18-24(28(35)37-3)26(22-7-4-8-23(30)27(22)31)25(19(2)33-18)29(36)38-15-5-6-20-9-11-21(12-10-20)16-34-14-13-32-17-34/h4-14,17,24,26H,15-16H2,1-3H3. The van der Waals surface area contributed by atoms with Gasteiger partial charge in [0.2, 0.25) is 0 Å². The highest BCUT2D eigenvalue weighted by molar-refractivity contribution is 6.30. The van der Waals surface area contributed by atoms with Crippen LogP contribution in [0.15, 0.2) is 83.5 Å². The second-order valence-corrected chi connectivity index (χ2v) is 9.26. The number of aromatic nitrogens is 2. The minimum Gasteiger partial charge on any atom is -0.468 e. The number of halogens is 2. The van der Waals surface area contributed by atoms with Gasteiger partial charge >= 0.3 is 11.9 Å². The van der Waals surface area contributed by atoms with Crippen molar-refractivity contribution in [1.82, 2.24) is 9.55 Å². The van der Waals surface area contributed by atoms with Crippen LogP contribution in [-0.4, -0.2) is 40.9 Å². The largest absolute Gasteiger partial charge is 0.468 e. The maximum Gasteiger partial charge on any atom is 0.336 e. The summed E-state index contributed by atoms with van der Waals surface area (Å²) in [5, 5.41) is -0.115. The van der Waals surface area contributed by atoms with E-state index in [2.05, 4.69) is 9.98 Å². The number of rotatable bonds is 8. The number of allylic oxidation sites excluding steroid dienone is 1. The molecule has 0 aliphatic carbocycles. The Balaban J connectivity index is 1.51. The Kier molecular flexibility index (Phi) is 8.53. The lowest BCUT2D eigenvalue weighted by Crippen LogP contribution is -2.36. The van der Waals surface area contributed by atoms with Crippen LogP contribution in [0, 0.1) is 11.7 Å². The van der Waals surface area contributed by atoms with Crippen LogP contribution in [0.4, 0.5) is 4.39 Å². The van der Waals surface area contributed by atoms with Gasteiger partial charge in [-0.2, -0.15) is 0 Å². The van der Waals surface area contributed by atoms with Crippen LogP contribution in [0.5, 0.6) is 0 Å². The third-order valence-corrected chi connectivity index (χ3v) is 6.64. The van der Waals surface area contributed by atoms with E-state index in [1.54, 1.807) is 38.5 Å². The average molecular weight is 536 g/mol. The lowest BCUT2D eigenvalue weighted by Gasteiger charge is -2.31. The highest BCUT2D eigenvalue weighted by Crippen LogP contribution is 2.42. The zero-order valence-electron chi connectivity index (χ0n) is 21.2. The van der Waals surface area contributed by atoms with E-state index in [9.17, 15) is 9.59 Å². The topological polar surface area (TPSA) is 82.8 Å². The van der Waals surface area contributed by atoms with Crippen molar-refractivity contribution in [3.8, 4) is 0 Å². The molecule has 196 valence electrons. The fraction of sp³-hybridized carbons (Fsp3) is 0.241. The van der Waals surface area contributed by atoms with E-state index < -0.39 is 29.6 Å². The smallest absolute Gasteiger partial charge is 0.336 e. The van der Waals surface area contributed by atoms with E-state index in [0.29, 0.717) is 11.4 Å². The zero-order chi connectivity index (χ0) is 27.2. The number of imidazole rings is 1. The first-order chi connectivity index (χ1) is 18.3. The Morgan fingerprint density at radius 2 is 1.92 bits per heavy atom. The summed E-state index contributed by atoms with van der Waals surface area (Å²) in [7, 11) is 1.24. The molecule has 7 nitrogen and oxygen atoms in total. The molecule has 0 saturated carbocycles. The van der Waals surface area contributed by atoms with Crippen LogP contribution in [0.25, 0.3) is 6.08 Å². The molecule has 3 aromatic rings. The maximum atomic E-state index is 15.1. The van der Waals surface area contributed by atoms with Gasteiger partial charge in [0, 0.05) is 36.3 Å². The molecule has 1 aromatic heterocycles. The predicted octanol–water partition coefficient (Wildman–Crippen LogP) is 5.60.